The van der Waals surface area contributed by atoms with Crippen LogP contribution in [0, 0.1) is 25.2 Å². The molecule has 7 nitrogen and oxygen atoms in total. The molecule has 146 valence electrons. The third-order valence-electron chi connectivity index (χ3n) is 4.83. The second-order valence-electron chi connectivity index (χ2n) is 6.80. The first-order chi connectivity index (χ1) is 14.6. The maximum absolute atomic E-state index is 13.1. The van der Waals surface area contributed by atoms with E-state index < -0.39 is 0 Å². The van der Waals surface area contributed by atoms with Crippen LogP contribution in [0.2, 0.25) is 0 Å². The van der Waals surface area contributed by atoms with Gasteiger partial charge in [-0.25, -0.2) is 0 Å². The Morgan fingerprint density at radius 1 is 1.00 bits per heavy atom. The number of nitriles is 1. The molecule has 3 aromatic carbocycles. The largest absolute Gasteiger partial charge is 0.322 e. The highest BCUT2D eigenvalue weighted by molar-refractivity contribution is 6.09. The molecule has 0 saturated heterocycles. The summed E-state index contributed by atoms with van der Waals surface area (Å²) in [5.74, 6) is 0.390. The van der Waals surface area contributed by atoms with Crippen molar-refractivity contribution in [2.75, 3.05) is 5.32 Å². The van der Waals surface area contributed by atoms with Crippen LogP contribution in [0.1, 0.15) is 27.3 Å². The van der Waals surface area contributed by atoms with Gasteiger partial charge < -0.3 is 5.32 Å². The molecule has 0 spiro atoms. The SMILES string of the molecule is Cc1ccc(NC(=O)c2ccccc2-c2ccccc2C#N)cc1-n1nnnc1C. The van der Waals surface area contributed by atoms with E-state index >= 15 is 0 Å². The summed E-state index contributed by atoms with van der Waals surface area (Å²) in [6, 6.07) is 22.3. The molecule has 0 bridgehead atoms. The lowest BCUT2D eigenvalue weighted by atomic mass is 9.95. The van der Waals surface area contributed by atoms with Gasteiger partial charge in [-0.3, -0.25) is 4.79 Å². The van der Waals surface area contributed by atoms with Crippen molar-refractivity contribution in [2.24, 2.45) is 0 Å². The summed E-state index contributed by atoms with van der Waals surface area (Å²) in [7, 11) is 0. The fraction of sp³-hybridized carbons (Fsp3) is 0.0870. The van der Waals surface area contributed by atoms with Crippen LogP contribution in [0.4, 0.5) is 5.69 Å². The van der Waals surface area contributed by atoms with E-state index in [0.29, 0.717) is 28.2 Å². The molecule has 1 N–H and O–H groups in total. The van der Waals surface area contributed by atoms with E-state index in [1.807, 2.05) is 56.3 Å². The molecule has 0 aliphatic heterocycles. The van der Waals surface area contributed by atoms with Gasteiger partial charge in [-0.1, -0.05) is 42.5 Å². The van der Waals surface area contributed by atoms with Crippen LogP contribution < -0.4 is 5.32 Å². The van der Waals surface area contributed by atoms with Crippen molar-refractivity contribution in [3.8, 4) is 22.9 Å². The average molecular weight is 394 g/mol. The fourth-order valence-electron chi connectivity index (χ4n) is 3.30. The molecule has 0 aliphatic rings. The number of carbonyl (C=O) groups is 1. The van der Waals surface area contributed by atoms with Crippen LogP contribution >= 0.6 is 0 Å². The van der Waals surface area contributed by atoms with Gasteiger partial charge in [-0.05, 0) is 59.7 Å². The Hall–Kier alpha value is -4.31. The zero-order valence-corrected chi connectivity index (χ0v) is 16.5. The minimum absolute atomic E-state index is 0.262. The van der Waals surface area contributed by atoms with E-state index in [2.05, 4.69) is 26.9 Å². The predicted molar refractivity (Wildman–Crippen MR) is 113 cm³/mol. The molecule has 4 aromatic rings. The van der Waals surface area contributed by atoms with Gasteiger partial charge in [0.2, 0.25) is 0 Å². The molecule has 30 heavy (non-hydrogen) atoms. The molecule has 0 radical (unpaired) electrons. The van der Waals surface area contributed by atoms with E-state index in [9.17, 15) is 10.1 Å². The molecular formula is C23H18N6O. The number of nitrogens with one attached hydrogen (secondary N) is 1. The summed E-state index contributed by atoms with van der Waals surface area (Å²) in [6.07, 6.45) is 0. The number of aryl methyl sites for hydroxylation is 2. The molecule has 0 atom stereocenters. The molecule has 7 heteroatoms. The maximum Gasteiger partial charge on any atom is 0.256 e. The molecule has 0 fully saturated rings. The Morgan fingerprint density at radius 3 is 2.47 bits per heavy atom. The van der Waals surface area contributed by atoms with Crippen molar-refractivity contribution in [1.29, 1.82) is 5.26 Å². The van der Waals surface area contributed by atoms with Crippen molar-refractivity contribution in [1.82, 2.24) is 20.2 Å². The van der Waals surface area contributed by atoms with Gasteiger partial charge in [0.15, 0.2) is 5.82 Å². The Bertz CT molecular complexity index is 1280. The molecular weight excluding hydrogens is 376 g/mol. The van der Waals surface area contributed by atoms with E-state index in [0.717, 1.165) is 16.8 Å². The van der Waals surface area contributed by atoms with Crippen molar-refractivity contribution in [3.05, 3.63) is 89.2 Å². The maximum atomic E-state index is 13.1. The van der Waals surface area contributed by atoms with Gasteiger partial charge in [0, 0.05) is 16.8 Å². The second-order valence-corrected chi connectivity index (χ2v) is 6.80. The molecule has 0 unspecified atom stereocenters. The van der Waals surface area contributed by atoms with Crippen LogP contribution in [0.3, 0.4) is 0 Å². The normalized spacial score (nSPS) is 10.4. The van der Waals surface area contributed by atoms with Gasteiger partial charge >= 0.3 is 0 Å². The second kappa shape index (κ2) is 7.97. The number of amides is 1. The Balaban J connectivity index is 1.70. The van der Waals surface area contributed by atoms with E-state index in [-0.39, 0.29) is 5.91 Å². The molecule has 1 heterocycles. The first-order valence-electron chi connectivity index (χ1n) is 9.34. The van der Waals surface area contributed by atoms with Gasteiger partial charge in [-0.2, -0.15) is 9.94 Å². The standard InChI is InChI=1S/C23H18N6O/c1-15-11-12-18(13-22(15)29-16(2)26-27-28-29)25-23(30)21-10-6-5-9-20(21)19-8-4-3-7-17(19)14-24/h3-13H,1-2H3,(H,25,30). The topological polar surface area (TPSA) is 96.5 Å². The predicted octanol–water partition coefficient (Wildman–Crippen LogP) is 4.07. The quantitative estimate of drug-likeness (QED) is 0.563. The summed E-state index contributed by atoms with van der Waals surface area (Å²) in [5, 5.41) is 24.0. The molecule has 0 saturated carbocycles. The minimum atomic E-state index is -0.262. The van der Waals surface area contributed by atoms with Crippen molar-refractivity contribution >= 4 is 11.6 Å². The highest BCUT2D eigenvalue weighted by atomic mass is 16.1. The number of rotatable bonds is 4. The van der Waals surface area contributed by atoms with Crippen LogP contribution in [0.5, 0.6) is 0 Å². The Labute approximate surface area is 173 Å². The highest BCUT2D eigenvalue weighted by Crippen LogP contribution is 2.28. The fourth-order valence-corrected chi connectivity index (χ4v) is 3.30. The van der Waals surface area contributed by atoms with Crippen LogP contribution in [-0.2, 0) is 0 Å². The lowest BCUT2D eigenvalue weighted by molar-refractivity contribution is 0.102. The average Bonchev–Trinajstić information content (AvgIpc) is 3.20. The number of hydrogen-bond donors (Lipinski definition) is 1. The lowest BCUT2D eigenvalue weighted by Crippen LogP contribution is -2.14. The van der Waals surface area contributed by atoms with Crippen molar-refractivity contribution < 1.29 is 4.79 Å². The van der Waals surface area contributed by atoms with Crippen LogP contribution in [-0.4, -0.2) is 26.1 Å². The van der Waals surface area contributed by atoms with E-state index in [1.165, 1.54) is 0 Å². The van der Waals surface area contributed by atoms with E-state index in [1.54, 1.807) is 28.9 Å². The number of carbonyl (C=O) groups excluding carboxylic acids is 1. The summed E-state index contributed by atoms with van der Waals surface area (Å²) in [5.41, 5.74) is 4.82. The van der Waals surface area contributed by atoms with E-state index in [4.69, 9.17) is 0 Å². The summed E-state index contributed by atoms with van der Waals surface area (Å²) >= 11 is 0. The van der Waals surface area contributed by atoms with Crippen LogP contribution in [0.25, 0.3) is 16.8 Å². The van der Waals surface area contributed by atoms with Gasteiger partial charge in [0.1, 0.15) is 0 Å². The zero-order chi connectivity index (χ0) is 21.1. The zero-order valence-electron chi connectivity index (χ0n) is 16.5. The number of benzene rings is 3. The lowest BCUT2D eigenvalue weighted by Gasteiger charge is -2.13. The Kier molecular flexibility index (Phi) is 5.06. The third kappa shape index (κ3) is 3.54. The van der Waals surface area contributed by atoms with Crippen molar-refractivity contribution in [2.45, 2.75) is 13.8 Å². The third-order valence-corrected chi connectivity index (χ3v) is 4.83. The summed E-state index contributed by atoms with van der Waals surface area (Å²) in [4.78, 5) is 13.1. The highest BCUT2D eigenvalue weighted by Gasteiger charge is 2.16. The molecule has 1 aromatic heterocycles. The number of aromatic nitrogens is 4. The van der Waals surface area contributed by atoms with Gasteiger partial charge in [0.25, 0.3) is 5.91 Å². The number of tetrazole rings is 1. The number of nitrogens with zero attached hydrogens (tertiary/aromatic N) is 5. The minimum Gasteiger partial charge on any atom is -0.322 e. The molecule has 1 amide bonds. The number of hydrogen-bond acceptors (Lipinski definition) is 5. The first-order valence-corrected chi connectivity index (χ1v) is 9.34. The molecule has 0 aliphatic carbocycles. The van der Waals surface area contributed by atoms with Crippen LogP contribution in [0.15, 0.2) is 66.7 Å². The summed E-state index contributed by atoms with van der Waals surface area (Å²) < 4.78 is 1.63. The first kappa shape index (κ1) is 19.0. The summed E-state index contributed by atoms with van der Waals surface area (Å²) in [6.45, 7) is 3.77. The van der Waals surface area contributed by atoms with Crippen molar-refractivity contribution in [3.63, 3.8) is 0 Å². The number of anilines is 1. The molecule has 4 rings (SSSR count). The smallest absolute Gasteiger partial charge is 0.256 e. The van der Waals surface area contributed by atoms with Gasteiger partial charge in [-0.15, -0.1) is 5.10 Å². The monoisotopic (exact) mass is 394 g/mol. The Morgan fingerprint density at radius 2 is 1.73 bits per heavy atom. The van der Waals surface area contributed by atoms with Gasteiger partial charge in [0.05, 0.1) is 17.3 Å².